The normalized spacial score (nSPS) is 14.8. The molecule has 0 radical (unpaired) electrons. The van der Waals surface area contributed by atoms with Crippen LogP contribution in [0.2, 0.25) is 0 Å². The second-order valence-electron chi connectivity index (χ2n) is 7.98. The van der Waals surface area contributed by atoms with Crippen LogP contribution >= 0.6 is 11.3 Å². The lowest BCUT2D eigenvalue weighted by atomic mass is 10.2. The number of carbonyl (C=O) groups excluding carboxylic acids is 1. The Balaban J connectivity index is 1.43. The van der Waals surface area contributed by atoms with Gasteiger partial charge in [-0.3, -0.25) is 19.6 Å². The lowest BCUT2D eigenvalue weighted by molar-refractivity contribution is 0.0376. The molecule has 2 aromatic heterocycles. The summed E-state index contributed by atoms with van der Waals surface area (Å²) >= 11 is 1.54. The van der Waals surface area contributed by atoms with Gasteiger partial charge in [0, 0.05) is 26.2 Å². The number of aryl methyl sites for hydroxylation is 1. The predicted octanol–water partition coefficient (Wildman–Crippen LogP) is 3.92. The van der Waals surface area contributed by atoms with Crippen LogP contribution in [0.15, 0.2) is 48.7 Å². The molecule has 32 heavy (non-hydrogen) atoms. The van der Waals surface area contributed by atoms with Gasteiger partial charge in [-0.1, -0.05) is 29.5 Å². The van der Waals surface area contributed by atoms with Gasteiger partial charge in [0.1, 0.15) is 5.69 Å². The molecule has 0 bridgehead atoms. The maximum Gasteiger partial charge on any atom is 0.280 e. The maximum atomic E-state index is 13.6. The molecule has 0 unspecified atom stereocenters. The van der Waals surface area contributed by atoms with Crippen molar-refractivity contribution in [1.82, 2.24) is 19.9 Å². The Morgan fingerprint density at radius 3 is 2.75 bits per heavy atom. The van der Waals surface area contributed by atoms with Crippen molar-refractivity contribution in [3.8, 4) is 0 Å². The number of ether oxygens (including phenoxy) is 1. The van der Waals surface area contributed by atoms with Crippen LogP contribution in [-0.2, 0) is 4.74 Å². The Kier molecular flexibility index (Phi) is 6.07. The zero-order chi connectivity index (χ0) is 21.9. The molecule has 8 heteroatoms. The average Bonchev–Trinajstić information content (AvgIpc) is 3.24. The van der Waals surface area contributed by atoms with Gasteiger partial charge in [-0.2, -0.15) is 0 Å². The summed E-state index contributed by atoms with van der Waals surface area (Å²) in [5.41, 5.74) is 3.92. The van der Waals surface area contributed by atoms with E-state index in [0.717, 1.165) is 55.0 Å². The first kappa shape index (κ1) is 20.9. The first-order chi connectivity index (χ1) is 15.7. The van der Waals surface area contributed by atoms with Gasteiger partial charge in [0.25, 0.3) is 5.91 Å². The van der Waals surface area contributed by atoms with Crippen LogP contribution in [0, 0.1) is 6.92 Å². The largest absolute Gasteiger partial charge is 0.379 e. The molecule has 164 valence electrons. The number of fused-ring (bicyclic) bond motifs is 2. The van der Waals surface area contributed by atoms with Crippen LogP contribution in [0.25, 0.3) is 21.3 Å². The number of morpholine rings is 1. The molecule has 0 aliphatic carbocycles. The second-order valence-corrected chi connectivity index (χ2v) is 8.99. The molecule has 0 spiro atoms. The highest BCUT2D eigenvalue weighted by molar-refractivity contribution is 7.22. The van der Waals surface area contributed by atoms with Crippen molar-refractivity contribution in [3.63, 3.8) is 0 Å². The molecule has 0 atom stereocenters. The SMILES string of the molecule is Cc1ccc2nc(N(CCCN3CCOCC3)C(=O)c3cnc4ccccc4n3)sc2c1. The number of nitrogens with zero attached hydrogens (tertiary/aromatic N) is 5. The summed E-state index contributed by atoms with van der Waals surface area (Å²) in [4.78, 5) is 31.5. The van der Waals surface area contributed by atoms with Gasteiger partial charge >= 0.3 is 0 Å². The maximum absolute atomic E-state index is 13.6. The van der Waals surface area contributed by atoms with Crippen LogP contribution in [0.3, 0.4) is 0 Å². The van der Waals surface area contributed by atoms with Crippen molar-refractivity contribution in [2.24, 2.45) is 0 Å². The van der Waals surface area contributed by atoms with E-state index in [4.69, 9.17) is 9.72 Å². The second kappa shape index (κ2) is 9.28. The quantitative estimate of drug-likeness (QED) is 0.446. The van der Waals surface area contributed by atoms with E-state index in [1.54, 1.807) is 22.4 Å². The van der Waals surface area contributed by atoms with Gasteiger partial charge in [-0.25, -0.2) is 9.97 Å². The smallest absolute Gasteiger partial charge is 0.280 e. The van der Waals surface area contributed by atoms with E-state index in [9.17, 15) is 4.79 Å². The van der Waals surface area contributed by atoms with Gasteiger partial charge in [0.05, 0.1) is 40.7 Å². The molecule has 4 aromatic rings. The number of amides is 1. The Morgan fingerprint density at radius 2 is 1.91 bits per heavy atom. The molecule has 1 saturated heterocycles. The van der Waals surface area contributed by atoms with Crippen LogP contribution in [0.1, 0.15) is 22.5 Å². The summed E-state index contributed by atoms with van der Waals surface area (Å²) in [5, 5.41) is 0.701. The molecule has 2 aromatic carbocycles. The summed E-state index contributed by atoms with van der Waals surface area (Å²) in [6, 6.07) is 13.8. The summed E-state index contributed by atoms with van der Waals surface area (Å²) in [6.45, 7) is 6.97. The lowest BCUT2D eigenvalue weighted by Gasteiger charge is -2.27. The molecular weight excluding hydrogens is 422 g/mol. The molecule has 7 nitrogen and oxygen atoms in total. The van der Waals surface area contributed by atoms with Gasteiger partial charge in [0.15, 0.2) is 5.13 Å². The minimum atomic E-state index is -0.166. The van der Waals surface area contributed by atoms with Crippen molar-refractivity contribution in [1.29, 1.82) is 0 Å². The Hall–Kier alpha value is -2.94. The summed E-state index contributed by atoms with van der Waals surface area (Å²) in [5.74, 6) is -0.166. The number of thiazole rings is 1. The fraction of sp³-hybridized carbons (Fsp3) is 0.333. The van der Waals surface area contributed by atoms with Gasteiger partial charge < -0.3 is 4.74 Å². The molecular formula is C24H25N5O2S. The van der Waals surface area contributed by atoms with Crippen molar-refractivity contribution >= 4 is 43.6 Å². The van der Waals surface area contributed by atoms with E-state index >= 15 is 0 Å². The molecule has 1 aliphatic rings. The zero-order valence-electron chi connectivity index (χ0n) is 18.0. The van der Waals surface area contributed by atoms with Crippen molar-refractivity contribution in [2.75, 3.05) is 44.3 Å². The van der Waals surface area contributed by atoms with Crippen LogP contribution in [0.5, 0.6) is 0 Å². The number of aromatic nitrogens is 3. The first-order valence-corrected chi connectivity index (χ1v) is 11.7. The molecule has 0 saturated carbocycles. The monoisotopic (exact) mass is 447 g/mol. The highest BCUT2D eigenvalue weighted by Gasteiger charge is 2.23. The summed E-state index contributed by atoms with van der Waals surface area (Å²) < 4.78 is 6.52. The highest BCUT2D eigenvalue weighted by Crippen LogP contribution is 2.30. The minimum Gasteiger partial charge on any atom is -0.379 e. The van der Waals surface area contributed by atoms with Crippen LogP contribution in [-0.4, -0.2) is 65.2 Å². The number of rotatable bonds is 6. The van der Waals surface area contributed by atoms with E-state index in [1.165, 1.54) is 5.56 Å². The Bertz CT molecular complexity index is 1250. The van der Waals surface area contributed by atoms with E-state index in [-0.39, 0.29) is 5.91 Å². The van der Waals surface area contributed by atoms with E-state index < -0.39 is 0 Å². The zero-order valence-corrected chi connectivity index (χ0v) is 18.8. The number of hydrogen-bond donors (Lipinski definition) is 0. The molecule has 1 fully saturated rings. The number of para-hydroxylation sites is 2. The Labute approximate surface area is 190 Å². The topological polar surface area (TPSA) is 71.5 Å². The van der Waals surface area contributed by atoms with Gasteiger partial charge in [0.2, 0.25) is 0 Å². The van der Waals surface area contributed by atoms with E-state index in [1.807, 2.05) is 36.4 Å². The number of anilines is 1. The Morgan fingerprint density at radius 1 is 1.09 bits per heavy atom. The molecule has 0 N–H and O–H groups in total. The van der Waals surface area contributed by atoms with Crippen LogP contribution < -0.4 is 4.90 Å². The molecule has 1 amide bonds. The van der Waals surface area contributed by atoms with Crippen molar-refractivity contribution in [3.05, 3.63) is 59.9 Å². The fourth-order valence-corrected chi connectivity index (χ4v) is 4.98. The third kappa shape index (κ3) is 4.48. The minimum absolute atomic E-state index is 0.166. The van der Waals surface area contributed by atoms with Crippen molar-refractivity contribution < 1.29 is 9.53 Å². The number of carbonyl (C=O) groups is 1. The first-order valence-electron chi connectivity index (χ1n) is 10.9. The molecule has 1 aliphatic heterocycles. The summed E-state index contributed by atoms with van der Waals surface area (Å²) in [6.07, 6.45) is 2.42. The predicted molar refractivity (Wildman–Crippen MR) is 127 cm³/mol. The number of hydrogen-bond acceptors (Lipinski definition) is 7. The molecule has 3 heterocycles. The van der Waals surface area contributed by atoms with Gasteiger partial charge in [-0.05, 0) is 43.2 Å². The average molecular weight is 448 g/mol. The van der Waals surface area contributed by atoms with Crippen LogP contribution in [0.4, 0.5) is 5.13 Å². The number of benzene rings is 2. The van der Waals surface area contributed by atoms with E-state index in [2.05, 4.69) is 27.9 Å². The lowest BCUT2D eigenvalue weighted by Crippen LogP contribution is -2.39. The third-order valence-corrected chi connectivity index (χ3v) is 6.68. The fourth-order valence-electron chi connectivity index (χ4n) is 3.89. The highest BCUT2D eigenvalue weighted by atomic mass is 32.1. The third-order valence-electron chi connectivity index (χ3n) is 5.64. The molecule has 5 rings (SSSR count). The summed E-state index contributed by atoms with van der Waals surface area (Å²) in [7, 11) is 0. The standard InChI is InChI=1S/C24H25N5O2S/c1-17-7-8-20-22(15-17)32-24(27-20)29(10-4-9-28-11-13-31-14-12-28)23(30)21-16-25-18-5-2-3-6-19(18)26-21/h2-3,5-8,15-16H,4,9-14H2,1H3. The van der Waals surface area contributed by atoms with Crippen molar-refractivity contribution in [2.45, 2.75) is 13.3 Å². The van der Waals surface area contributed by atoms with E-state index in [0.29, 0.717) is 22.9 Å². The van der Waals surface area contributed by atoms with Gasteiger partial charge in [-0.15, -0.1) is 0 Å².